The van der Waals surface area contributed by atoms with Gasteiger partial charge in [0.05, 0.1) is 7.11 Å². The maximum atomic E-state index is 5.59. The largest absolute Gasteiger partial charge is 0.497 e. The van der Waals surface area contributed by atoms with Crippen LogP contribution in [0.5, 0.6) is 5.75 Å². The quantitative estimate of drug-likeness (QED) is 0.769. The van der Waals surface area contributed by atoms with Crippen LogP contribution in [-0.4, -0.2) is 31.1 Å². The fourth-order valence-corrected chi connectivity index (χ4v) is 5.00. The third kappa shape index (κ3) is 3.27. The van der Waals surface area contributed by atoms with Crippen molar-refractivity contribution in [1.29, 1.82) is 0 Å². The van der Waals surface area contributed by atoms with Crippen molar-refractivity contribution in [2.75, 3.05) is 20.2 Å². The Labute approximate surface area is 158 Å². The van der Waals surface area contributed by atoms with E-state index in [0.717, 1.165) is 24.5 Å². The first kappa shape index (κ1) is 17.6. The lowest BCUT2D eigenvalue weighted by Gasteiger charge is -2.39. The summed E-state index contributed by atoms with van der Waals surface area (Å²) in [4.78, 5) is 2.63. The Bertz CT molecular complexity index is 759. The molecule has 0 aromatic heterocycles. The number of likely N-dealkylation sites (tertiary alicyclic amines) is 1. The van der Waals surface area contributed by atoms with Crippen LogP contribution < -0.4 is 4.74 Å². The average molecular weight is 350 g/mol. The Hall–Kier alpha value is -1.80. The van der Waals surface area contributed by atoms with Gasteiger partial charge in [-0.15, -0.1) is 0 Å². The monoisotopic (exact) mass is 349 g/mol. The van der Waals surface area contributed by atoms with Gasteiger partial charge in [0, 0.05) is 12.0 Å². The van der Waals surface area contributed by atoms with Gasteiger partial charge in [0.15, 0.2) is 0 Å². The summed E-state index contributed by atoms with van der Waals surface area (Å²) in [6.45, 7) is 7.09. The van der Waals surface area contributed by atoms with E-state index in [2.05, 4.69) is 61.2 Å². The molecule has 1 heterocycles. The lowest BCUT2D eigenvalue weighted by Crippen LogP contribution is -2.40. The molecule has 1 aliphatic heterocycles. The molecule has 2 aliphatic rings. The Morgan fingerprint density at radius 2 is 1.62 bits per heavy atom. The molecule has 0 amide bonds. The van der Waals surface area contributed by atoms with Gasteiger partial charge < -0.3 is 9.64 Å². The fraction of sp³-hybridized carbons (Fsp3) is 0.500. The van der Waals surface area contributed by atoms with Crippen molar-refractivity contribution in [2.45, 2.75) is 51.5 Å². The van der Waals surface area contributed by atoms with E-state index in [1.165, 1.54) is 37.1 Å². The van der Waals surface area contributed by atoms with Crippen molar-refractivity contribution in [1.82, 2.24) is 4.90 Å². The van der Waals surface area contributed by atoms with Gasteiger partial charge >= 0.3 is 0 Å². The number of piperidine rings is 1. The van der Waals surface area contributed by atoms with Gasteiger partial charge in [-0.2, -0.15) is 0 Å². The molecule has 1 fully saturated rings. The molecule has 0 spiro atoms. The number of fused-ring (bicyclic) bond motifs is 2. The van der Waals surface area contributed by atoms with Crippen molar-refractivity contribution in [3.63, 3.8) is 0 Å². The highest BCUT2D eigenvalue weighted by atomic mass is 16.5. The summed E-state index contributed by atoms with van der Waals surface area (Å²) in [5, 5.41) is 0. The molecule has 0 bridgehead atoms. The normalized spacial score (nSPS) is 21.2. The number of hydrogen-bond acceptors (Lipinski definition) is 2. The lowest BCUT2D eigenvalue weighted by molar-refractivity contribution is 0.142. The Balaban J connectivity index is 1.74. The van der Waals surface area contributed by atoms with Crippen LogP contribution in [0.4, 0.5) is 0 Å². The van der Waals surface area contributed by atoms with E-state index in [0.29, 0.717) is 12.0 Å². The minimum Gasteiger partial charge on any atom is -0.497 e. The summed E-state index contributed by atoms with van der Waals surface area (Å²) in [6, 6.07) is 16.6. The van der Waals surface area contributed by atoms with Crippen molar-refractivity contribution in [3.05, 3.63) is 64.7 Å². The second-order valence-electron chi connectivity index (χ2n) is 8.21. The van der Waals surface area contributed by atoms with Gasteiger partial charge in [-0.1, -0.05) is 30.3 Å². The Kier molecular flexibility index (Phi) is 5.04. The van der Waals surface area contributed by atoms with Crippen molar-refractivity contribution in [2.24, 2.45) is 5.92 Å². The van der Waals surface area contributed by atoms with Crippen LogP contribution >= 0.6 is 0 Å². The molecule has 2 nitrogen and oxygen atoms in total. The summed E-state index contributed by atoms with van der Waals surface area (Å²) < 4.78 is 5.59. The van der Waals surface area contributed by atoms with Gasteiger partial charge in [-0.05, 0) is 92.9 Å². The van der Waals surface area contributed by atoms with Crippen LogP contribution in [0.3, 0.4) is 0 Å². The van der Waals surface area contributed by atoms with Gasteiger partial charge in [-0.3, -0.25) is 0 Å². The lowest BCUT2D eigenvalue weighted by atomic mass is 9.74. The summed E-state index contributed by atoms with van der Waals surface area (Å²) in [5.41, 5.74) is 6.12. The average Bonchev–Trinajstić information content (AvgIpc) is 2.84. The van der Waals surface area contributed by atoms with Gasteiger partial charge in [0.25, 0.3) is 0 Å². The number of ether oxygens (including phenoxy) is 1. The molecular weight excluding hydrogens is 318 g/mol. The predicted molar refractivity (Wildman–Crippen MR) is 108 cm³/mol. The zero-order chi connectivity index (χ0) is 18.1. The van der Waals surface area contributed by atoms with E-state index < -0.39 is 0 Å². The zero-order valence-electron chi connectivity index (χ0n) is 16.4. The number of rotatable bonds is 3. The molecule has 26 heavy (non-hydrogen) atoms. The van der Waals surface area contributed by atoms with Crippen molar-refractivity contribution < 1.29 is 4.74 Å². The highest BCUT2D eigenvalue weighted by Gasteiger charge is 2.33. The molecule has 0 radical (unpaired) electrons. The molecule has 0 saturated carbocycles. The standard InChI is InChI=1S/C24H31NO/c1-17(2)25-14-12-20(13-15-25)24-22-7-5-4-6-18(22)8-9-19-10-11-21(26-3)16-23(19)24/h4-7,10-11,16-17,20,24H,8-9,12-15H2,1-3H3. The van der Waals surface area contributed by atoms with E-state index in [1.807, 2.05) is 0 Å². The van der Waals surface area contributed by atoms with E-state index in [1.54, 1.807) is 18.2 Å². The smallest absolute Gasteiger partial charge is 0.119 e. The number of nitrogens with zero attached hydrogens (tertiary/aromatic N) is 1. The number of hydrogen-bond donors (Lipinski definition) is 0. The van der Waals surface area contributed by atoms with Crippen molar-refractivity contribution in [3.8, 4) is 5.75 Å². The first-order chi connectivity index (χ1) is 12.7. The highest BCUT2D eigenvalue weighted by Crippen LogP contribution is 2.44. The topological polar surface area (TPSA) is 12.5 Å². The van der Waals surface area contributed by atoms with Crippen LogP contribution in [-0.2, 0) is 12.8 Å². The minimum absolute atomic E-state index is 0.508. The predicted octanol–water partition coefficient (Wildman–Crippen LogP) is 5.05. The Morgan fingerprint density at radius 1 is 0.923 bits per heavy atom. The molecule has 138 valence electrons. The van der Waals surface area contributed by atoms with Crippen LogP contribution in [0.2, 0.25) is 0 Å². The highest BCUT2D eigenvalue weighted by molar-refractivity contribution is 5.48. The Morgan fingerprint density at radius 3 is 2.31 bits per heavy atom. The summed E-state index contributed by atoms with van der Waals surface area (Å²) in [5.74, 6) is 2.22. The van der Waals surface area contributed by atoms with E-state index in [4.69, 9.17) is 4.74 Å². The molecule has 0 N–H and O–H groups in total. The molecule has 1 unspecified atom stereocenters. The summed E-state index contributed by atoms with van der Waals surface area (Å²) in [7, 11) is 1.78. The fourth-order valence-electron chi connectivity index (χ4n) is 5.00. The second kappa shape index (κ2) is 7.44. The van der Waals surface area contributed by atoms with Crippen LogP contribution in [0, 0.1) is 5.92 Å². The molecule has 1 aliphatic carbocycles. The van der Waals surface area contributed by atoms with Gasteiger partial charge in [-0.25, -0.2) is 0 Å². The van der Waals surface area contributed by atoms with Crippen LogP contribution in [0.25, 0.3) is 0 Å². The first-order valence-electron chi connectivity index (χ1n) is 10.2. The van der Waals surface area contributed by atoms with Crippen molar-refractivity contribution >= 4 is 0 Å². The molecule has 2 aromatic carbocycles. The molecule has 2 aromatic rings. The van der Waals surface area contributed by atoms with Crippen LogP contribution in [0.15, 0.2) is 42.5 Å². The maximum Gasteiger partial charge on any atom is 0.119 e. The van der Waals surface area contributed by atoms with E-state index in [9.17, 15) is 0 Å². The molecule has 1 atom stereocenters. The summed E-state index contributed by atoms with van der Waals surface area (Å²) >= 11 is 0. The SMILES string of the molecule is COc1ccc2c(c1)C(C1CCN(C(C)C)CC1)c1ccccc1CC2. The molecule has 1 saturated heterocycles. The number of aryl methyl sites for hydroxylation is 2. The maximum absolute atomic E-state index is 5.59. The molecule has 2 heteroatoms. The third-order valence-corrected chi connectivity index (χ3v) is 6.52. The number of methoxy groups -OCH3 is 1. The summed E-state index contributed by atoms with van der Waals surface area (Å²) in [6.07, 6.45) is 4.86. The second-order valence-corrected chi connectivity index (χ2v) is 8.21. The number of benzene rings is 2. The van der Waals surface area contributed by atoms with E-state index >= 15 is 0 Å². The molecule has 4 rings (SSSR count). The van der Waals surface area contributed by atoms with Gasteiger partial charge in [0.2, 0.25) is 0 Å². The van der Waals surface area contributed by atoms with Gasteiger partial charge in [0.1, 0.15) is 5.75 Å². The van der Waals surface area contributed by atoms with Crippen LogP contribution in [0.1, 0.15) is 54.9 Å². The first-order valence-corrected chi connectivity index (χ1v) is 10.2. The zero-order valence-corrected chi connectivity index (χ0v) is 16.4. The molecular formula is C24H31NO. The third-order valence-electron chi connectivity index (χ3n) is 6.52. The van der Waals surface area contributed by atoms with E-state index in [-0.39, 0.29) is 0 Å². The minimum atomic E-state index is 0.508.